The summed E-state index contributed by atoms with van der Waals surface area (Å²) >= 11 is 0. The fraction of sp³-hybridized carbons (Fsp3) is 1.00. The van der Waals surface area contributed by atoms with Gasteiger partial charge >= 0.3 is 8.56 Å². The van der Waals surface area contributed by atoms with Gasteiger partial charge in [0, 0.05) is 12.7 Å². The van der Waals surface area contributed by atoms with Gasteiger partial charge in [-0.1, -0.05) is 117 Å². The monoisotopic (exact) mass is 414 g/mol. The highest BCUT2D eigenvalue weighted by atomic mass is 28.4. The number of hydrogen-bond donors (Lipinski definition) is 0. The Morgan fingerprint density at radius 1 is 0.571 bits per heavy atom. The van der Waals surface area contributed by atoms with Gasteiger partial charge in [-0.05, 0) is 32.9 Å². The summed E-state index contributed by atoms with van der Waals surface area (Å²) in [5.41, 5.74) is 0. The van der Waals surface area contributed by atoms with E-state index in [0.29, 0.717) is 6.10 Å². The lowest BCUT2D eigenvalue weighted by molar-refractivity contribution is 0.122. The third-order valence-electron chi connectivity index (χ3n) is 5.65. The van der Waals surface area contributed by atoms with Crippen LogP contribution in [0.1, 0.15) is 136 Å². The molecule has 0 aromatic carbocycles. The van der Waals surface area contributed by atoms with E-state index in [1.165, 1.54) is 116 Å². The Bertz CT molecular complexity index is 307. The zero-order valence-electron chi connectivity index (χ0n) is 20.3. The van der Waals surface area contributed by atoms with Crippen molar-refractivity contribution >= 4 is 8.56 Å². The van der Waals surface area contributed by atoms with Gasteiger partial charge in [0.1, 0.15) is 0 Å². The highest BCUT2D eigenvalue weighted by molar-refractivity contribution is 6.64. The second kappa shape index (κ2) is 20.4. The van der Waals surface area contributed by atoms with E-state index in [-0.39, 0.29) is 0 Å². The molecule has 1 atom stereocenters. The molecule has 3 heteroatoms. The fourth-order valence-electron chi connectivity index (χ4n) is 3.87. The normalized spacial score (nSPS) is 13.2. The molecule has 0 heterocycles. The maximum absolute atomic E-state index is 6.28. The van der Waals surface area contributed by atoms with E-state index in [1.807, 2.05) is 0 Å². The van der Waals surface area contributed by atoms with Crippen LogP contribution in [0.15, 0.2) is 0 Å². The molecule has 0 radical (unpaired) electrons. The predicted octanol–water partition coefficient (Wildman–Crippen LogP) is 9.17. The Morgan fingerprint density at radius 2 is 0.964 bits per heavy atom. The summed E-state index contributed by atoms with van der Waals surface area (Å²) in [6.07, 6.45) is 24.9. The minimum absolute atomic E-state index is 0.352. The van der Waals surface area contributed by atoms with Gasteiger partial charge < -0.3 is 8.85 Å². The first-order chi connectivity index (χ1) is 13.5. The molecule has 2 nitrogen and oxygen atoms in total. The molecule has 0 rings (SSSR count). The molecule has 0 saturated heterocycles. The maximum atomic E-state index is 6.28. The quantitative estimate of drug-likeness (QED) is 0.130. The van der Waals surface area contributed by atoms with Crippen LogP contribution in [0.5, 0.6) is 0 Å². The van der Waals surface area contributed by atoms with Crippen LogP contribution >= 0.6 is 0 Å². The first-order valence-corrected chi connectivity index (χ1v) is 15.6. The molecule has 0 amide bonds. The first kappa shape index (κ1) is 28.1. The summed E-state index contributed by atoms with van der Waals surface area (Å²) in [7, 11) is -1.94. The molecule has 0 spiro atoms. The standard InChI is InChI=1S/C25H54O2Si/c1-6-8-10-12-14-15-16-17-18-20-22-24-26-28(4,5)27-25(3)23-21-19-13-11-9-7-2/h25H,6-24H2,1-5H3. The van der Waals surface area contributed by atoms with Crippen LogP contribution in [-0.4, -0.2) is 21.3 Å². The Labute approximate surface area is 179 Å². The van der Waals surface area contributed by atoms with Gasteiger partial charge in [-0.15, -0.1) is 0 Å². The van der Waals surface area contributed by atoms with Crippen LogP contribution in [0.25, 0.3) is 0 Å². The second-order valence-electron chi connectivity index (χ2n) is 9.27. The van der Waals surface area contributed by atoms with Crippen molar-refractivity contribution in [2.24, 2.45) is 0 Å². The van der Waals surface area contributed by atoms with Gasteiger partial charge in [0.2, 0.25) is 0 Å². The number of rotatable bonds is 22. The maximum Gasteiger partial charge on any atom is 0.331 e. The zero-order valence-corrected chi connectivity index (χ0v) is 21.3. The average molecular weight is 415 g/mol. The smallest absolute Gasteiger partial charge is 0.331 e. The molecule has 0 aromatic heterocycles. The van der Waals surface area contributed by atoms with Gasteiger partial charge in [0.05, 0.1) is 0 Å². The minimum atomic E-state index is -1.94. The van der Waals surface area contributed by atoms with Crippen molar-refractivity contribution in [2.75, 3.05) is 6.61 Å². The molecule has 1 unspecified atom stereocenters. The second-order valence-corrected chi connectivity index (χ2v) is 12.6. The van der Waals surface area contributed by atoms with Crippen LogP contribution in [0.3, 0.4) is 0 Å². The van der Waals surface area contributed by atoms with Crippen molar-refractivity contribution in [2.45, 2.75) is 156 Å². The predicted molar refractivity (Wildman–Crippen MR) is 128 cm³/mol. The summed E-state index contributed by atoms with van der Waals surface area (Å²) in [4.78, 5) is 0. The molecule has 0 aromatic rings. The van der Waals surface area contributed by atoms with Gasteiger partial charge in [-0.3, -0.25) is 0 Å². The SMILES string of the molecule is CCCCCCCCCCCCCO[Si](C)(C)OC(C)CCCCCCCC. The Morgan fingerprint density at radius 3 is 1.43 bits per heavy atom. The zero-order chi connectivity index (χ0) is 20.9. The molecule has 0 aliphatic heterocycles. The summed E-state index contributed by atoms with van der Waals surface area (Å²) in [6.45, 7) is 12.1. The third-order valence-corrected chi connectivity index (χ3v) is 7.52. The van der Waals surface area contributed by atoms with E-state index in [2.05, 4.69) is 33.9 Å². The molecule has 0 bridgehead atoms. The summed E-state index contributed by atoms with van der Waals surface area (Å²) in [5.74, 6) is 0. The molecular weight excluding hydrogens is 360 g/mol. The topological polar surface area (TPSA) is 18.5 Å². The van der Waals surface area contributed by atoms with Crippen molar-refractivity contribution in [1.82, 2.24) is 0 Å². The lowest BCUT2D eigenvalue weighted by Gasteiger charge is -2.27. The Kier molecular flexibility index (Phi) is 20.5. The Balaban J connectivity index is 3.46. The van der Waals surface area contributed by atoms with Crippen LogP contribution < -0.4 is 0 Å². The van der Waals surface area contributed by atoms with E-state index in [9.17, 15) is 0 Å². The van der Waals surface area contributed by atoms with Gasteiger partial charge in [0.25, 0.3) is 0 Å². The van der Waals surface area contributed by atoms with Crippen LogP contribution in [0, 0.1) is 0 Å². The van der Waals surface area contributed by atoms with Crippen LogP contribution in [0.4, 0.5) is 0 Å². The highest BCUT2D eigenvalue weighted by Crippen LogP contribution is 2.17. The van der Waals surface area contributed by atoms with Crippen molar-refractivity contribution in [3.8, 4) is 0 Å². The third kappa shape index (κ3) is 20.9. The largest absolute Gasteiger partial charge is 0.395 e. The molecule has 0 N–H and O–H groups in total. The fourth-order valence-corrected chi connectivity index (χ4v) is 5.66. The molecule has 0 fully saturated rings. The highest BCUT2D eigenvalue weighted by Gasteiger charge is 2.26. The van der Waals surface area contributed by atoms with Crippen molar-refractivity contribution in [3.63, 3.8) is 0 Å². The number of unbranched alkanes of at least 4 members (excludes halogenated alkanes) is 15. The van der Waals surface area contributed by atoms with E-state index in [1.54, 1.807) is 0 Å². The Hall–Kier alpha value is 0.137. The van der Waals surface area contributed by atoms with Crippen LogP contribution in [0.2, 0.25) is 13.1 Å². The lowest BCUT2D eigenvalue weighted by Crippen LogP contribution is -2.38. The van der Waals surface area contributed by atoms with Crippen LogP contribution in [-0.2, 0) is 8.85 Å². The van der Waals surface area contributed by atoms with Gasteiger partial charge in [-0.2, -0.15) is 0 Å². The molecule has 28 heavy (non-hydrogen) atoms. The minimum Gasteiger partial charge on any atom is -0.395 e. The lowest BCUT2D eigenvalue weighted by atomic mass is 10.1. The molecule has 0 aliphatic rings. The van der Waals surface area contributed by atoms with E-state index in [0.717, 1.165) is 6.61 Å². The van der Waals surface area contributed by atoms with Gasteiger partial charge in [-0.25, -0.2) is 0 Å². The molecule has 0 aliphatic carbocycles. The van der Waals surface area contributed by atoms with Crippen molar-refractivity contribution in [3.05, 3.63) is 0 Å². The van der Waals surface area contributed by atoms with E-state index in [4.69, 9.17) is 8.85 Å². The van der Waals surface area contributed by atoms with Crippen molar-refractivity contribution < 1.29 is 8.85 Å². The molecule has 0 saturated carbocycles. The summed E-state index contributed by atoms with van der Waals surface area (Å²) in [6, 6.07) is 0. The molecule has 170 valence electrons. The molecular formula is C25H54O2Si. The summed E-state index contributed by atoms with van der Waals surface area (Å²) < 4.78 is 12.4. The van der Waals surface area contributed by atoms with E-state index >= 15 is 0 Å². The van der Waals surface area contributed by atoms with Crippen molar-refractivity contribution in [1.29, 1.82) is 0 Å². The number of hydrogen-bond acceptors (Lipinski definition) is 2. The van der Waals surface area contributed by atoms with Gasteiger partial charge in [0.15, 0.2) is 0 Å². The first-order valence-electron chi connectivity index (χ1n) is 12.8. The summed E-state index contributed by atoms with van der Waals surface area (Å²) in [5, 5.41) is 0. The average Bonchev–Trinajstić information content (AvgIpc) is 2.65. The van der Waals surface area contributed by atoms with E-state index < -0.39 is 8.56 Å².